The molecule has 150 valence electrons. The maximum atomic E-state index is 13.0. The number of aliphatic hydroxyl groups excluding tert-OH is 1. The van der Waals surface area contributed by atoms with Crippen LogP contribution in [-0.2, 0) is 4.79 Å². The zero-order valence-corrected chi connectivity index (χ0v) is 16.0. The molecule has 0 unspecified atom stereocenters. The molecule has 3 aromatic rings. The predicted molar refractivity (Wildman–Crippen MR) is 104 cm³/mol. The third-order valence-electron chi connectivity index (χ3n) is 5.13. The van der Waals surface area contributed by atoms with E-state index in [1.54, 1.807) is 24.7 Å². The highest BCUT2D eigenvalue weighted by atomic mass is 19.3. The number of aryl methyl sites for hydroxylation is 1. The fraction of sp³-hybridized carbons (Fsp3) is 0.333. The average molecular weight is 398 g/mol. The number of fused-ring (bicyclic) bond motifs is 1. The number of nitrogens with zero attached hydrogens (tertiary/aromatic N) is 3. The van der Waals surface area contributed by atoms with Crippen LogP contribution in [0.1, 0.15) is 37.1 Å². The van der Waals surface area contributed by atoms with E-state index < -0.39 is 30.3 Å². The van der Waals surface area contributed by atoms with E-state index in [1.165, 1.54) is 0 Å². The number of hydrogen-bond donors (Lipinski definition) is 2. The van der Waals surface area contributed by atoms with Gasteiger partial charge in [0.05, 0.1) is 17.5 Å². The quantitative estimate of drug-likeness (QED) is 0.677. The van der Waals surface area contributed by atoms with Crippen molar-refractivity contribution in [3.05, 3.63) is 48.0 Å². The van der Waals surface area contributed by atoms with Crippen LogP contribution in [0.4, 0.5) is 14.6 Å². The van der Waals surface area contributed by atoms with Crippen LogP contribution in [0.3, 0.4) is 0 Å². The Kier molecular flexibility index (Phi) is 4.74. The molecule has 0 aliphatic heterocycles. The van der Waals surface area contributed by atoms with Crippen molar-refractivity contribution in [2.24, 2.45) is 5.92 Å². The molecule has 1 aliphatic carbocycles. The van der Waals surface area contributed by atoms with Gasteiger partial charge in [0.2, 0.25) is 5.91 Å². The number of aromatic nitrogens is 3. The maximum absolute atomic E-state index is 13.0. The highest BCUT2D eigenvalue weighted by Crippen LogP contribution is 2.49. The summed E-state index contributed by atoms with van der Waals surface area (Å²) in [5.41, 5.74) is 3.11. The summed E-state index contributed by atoms with van der Waals surface area (Å²) in [6, 6.07) is 5.30. The Morgan fingerprint density at radius 3 is 2.55 bits per heavy atom. The summed E-state index contributed by atoms with van der Waals surface area (Å²) >= 11 is 0. The minimum atomic E-state index is -2.91. The smallest absolute Gasteiger partial charge is 0.260 e. The zero-order chi connectivity index (χ0) is 20.8. The van der Waals surface area contributed by atoms with E-state index >= 15 is 0 Å². The number of anilines is 1. The topological polar surface area (TPSA) is 88.0 Å². The average Bonchev–Trinajstić information content (AvgIpc) is 3.35. The molecular weight excluding hydrogens is 378 g/mol. The van der Waals surface area contributed by atoms with E-state index in [1.807, 2.05) is 26.0 Å². The van der Waals surface area contributed by atoms with Gasteiger partial charge in [0.25, 0.3) is 5.92 Å². The van der Waals surface area contributed by atoms with Crippen molar-refractivity contribution in [3.63, 3.8) is 0 Å². The Bertz CT molecular complexity index is 1100. The lowest BCUT2D eigenvalue weighted by Crippen LogP contribution is -2.18. The van der Waals surface area contributed by atoms with Crippen molar-refractivity contribution in [1.29, 1.82) is 0 Å². The summed E-state index contributed by atoms with van der Waals surface area (Å²) in [6.45, 7) is 3.82. The second kappa shape index (κ2) is 7.11. The monoisotopic (exact) mass is 398 g/mol. The minimum absolute atomic E-state index is 0.218. The number of alkyl halides is 2. The summed E-state index contributed by atoms with van der Waals surface area (Å²) in [7, 11) is 0. The largest absolute Gasteiger partial charge is 0.387 e. The van der Waals surface area contributed by atoms with E-state index in [-0.39, 0.29) is 5.82 Å². The van der Waals surface area contributed by atoms with Gasteiger partial charge >= 0.3 is 0 Å². The van der Waals surface area contributed by atoms with Crippen LogP contribution in [0.2, 0.25) is 0 Å². The van der Waals surface area contributed by atoms with Crippen molar-refractivity contribution in [2.45, 2.75) is 38.7 Å². The number of aliphatic hydroxyl groups is 1. The van der Waals surface area contributed by atoms with Crippen LogP contribution >= 0.6 is 0 Å². The SMILES string of the molecule is CC[C@H](O)c1cc(C)c(-c2cc3cnc(NC(=O)[C@H]4CC4(F)F)cc3cn2)cn1. The molecule has 0 radical (unpaired) electrons. The standard InChI is InChI=1S/C21H20F2N4O2/c1-3-18(28)17-4-11(2)14(10-25-17)16-5-12-9-26-19(6-13(12)8-24-16)27-20(29)15-7-21(15,22)23/h4-6,8-10,15,18,28H,3,7H2,1-2H3,(H,26,27,29)/t15-,18+/m1/s1. The molecule has 8 heteroatoms. The Morgan fingerprint density at radius 1 is 1.21 bits per heavy atom. The first-order valence-corrected chi connectivity index (χ1v) is 9.38. The lowest BCUT2D eigenvalue weighted by Gasteiger charge is -2.11. The zero-order valence-electron chi connectivity index (χ0n) is 16.0. The van der Waals surface area contributed by atoms with Gasteiger partial charge in [-0.3, -0.25) is 14.8 Å². The summed E-state index contributed by atoms with van der Waals surface area (Å²) in [5, 5.41) is 13.9. The highest BCUT2D eigenvalue weighted by molar-refractivity contribution is 5.96. The molecule has 4 rings (SSSR count). The van der Waals surface area contributed by atoms with Crippen molar-refractivity contribution >= 4 is 22.5 Å². The minimum Gasteiger partial charge on any atom is -0.387 e. The summed E-state index contributed by atoms with van der Waals surface area (Å²) < 4.78 is 26.0. The van der Waals surface area contributed by atoms with Crippen LogP contribution in [0.15, 0.2) is 36.8 Å². The second-order valence-corrected chi connectivity index (χ2v) is 7.34. The van der Waals surface area contributed by atoms with Gasteiger partial charge in [0.1, 0.15) is 11.7 Å². The van der Waals surface area contributed by atoms with Crippen molar-refractivity contribution < 1.29 is 18.7 Å². The molecule has 3 heterocycles. The summed E-state index contributed by atoms with van der Waals surface area (Å²) in [4.78, 5) is 24.8. The Hall–Kier alpha value is -3.00. The molecule has 2 N–H and O–H groups in total. The Labute approximate surface area is 166 Å². The van der Waals surface area contributed by atoms with Crippen LogP contribution in [0, 0.1) is 12.8 Å². The second-order valence-electron chi connectivity index (χ2n) is 7.34. The van der Waals surface area contributed by atoms with Gasteiger partial charge in [-0.2, -0.15) is 0 Å². The Balaban J connectivity index is 1.58. The third-order valence-corrected chi connectivity index (χ3v) is 5.13. The van der Waals surface area contributed by atoms with Crippen molar-refractivity contribution in [2.75, 3.05) is 5.32 Å². The number of carbonyl (C=O) groups is 1. The van der Waals surface area contributed by atoms with Crippen LogP contribution in [-0.4, -0.2) is 31.9 Å². The normalized spacial score (nSPS) is 18.4. The molecule has 1 aliphatic rings. The first-order chi connectivity index (χ1) is 13.8. The van der Waals surface area contributed by atoms with E-state index in [0.717, 1.165) is 21.9 Å². The number of halogens is 2. The van der Waals surface area contributed by atoms with E-state index in [4.69, 9.17) is 0 Å². The molecule has 1 fully saturated rings. The highest BCUT2D eigenvalue weighted by Gasteiger charge is 2.61. The number of pyridine rings is 3. The molecule has 1 saturated carbocycles. The molecule has 6 nitrogen and oxygen atoms in total. The van der Waals surface area contributed by atoms with Gasteiger partial charge in [-0.25, -0.2) is 13.8 Å². The van der Waals surface area contributed by atoms with Gasteiger partial charge in [0.15, 0.2) is 0 Å². The number of amides is 1. The first-order valence-electron chi connectivity index (χ1n) is 9.38. The molecule has 1 amide bonds. The van der Waals surface area contributed by atoms with Crippen molar-refractivity contribution in [1.82, 2.24) is 15.0 Å². The van der Waals surface area contributed by atoms with Gasteiger partial charge in [0, 0.05) is 41.3 Å². The number of rotatable bonds is 5. The van der Waals surface area contributed by atoms with E-state index in [0.29, 0.717) is 17.8 Å². The van der Waals surface area contributed by atoms with Gasteiger partial charge < -0.3 is 10.4 Å². The van der Waals surface area contributed by atoms with Gasteiger partial charge in [-0.15, -0.1) is 0 Å². The molecule has 0 bridgehead atoms. The number of hydrogen-bond acceptors (Lipinski definition) is 5. The predicted octanol–water partition coefficient (Wildman–Crippen LogP) is 4.04. The van der Waals surface area contributed by atoms with Crippen molar-refractivity contribution in [3.8, 4) is 11.3 Å². The van der Waals surface area contributed by atoms with E-state index in [9.17, 15) is 18.7 Å². The van der Waals surface area contributed by atoms with Gasteiger partial charge in [-0.1, -0.05) is 6.92 Å². The molecule has 0 saturated heterocycles. The van der Waals surface area contributed by atoms with Gasteiger partial charge in [-0.05, 0) is 37.1 Å². The lowest BCUT2D eigenvalue weighted by atomic mass is 10.0. The fourth-order valence-corrected chi connectivity index (χ4v) is 3.20. The molecule has 0 spiro atoms. The fourth-order valence-electron chi connectivity index (χ4n) is 3.20. The Morgan fingerprint density at radius 2 is 1.90 bits per heavy atom. The lowest BCUT2D eigenvalue weighted by molar-refractivity contribution is -0.119. The molecule has 0 aromatic carbocycles. The molecule has 3 aromatic heterocycles. The summed E-state index contributed by atoms with van der Waals surface area (Å²) in [6.07, 6.45) is 4.47. The van der Waals surface area contributed by atoms with Crippen LogP contribution in [0.25, 0.3) is 22.0 Å². The molecule has 2 atom stereocenters. The number of nitrogens with one attached hydrogen (secondary N) is 1. The maximum Gasteiger partial charge on any atom is 0.260 e. The number of carbonyl (C=O) groups excluding carboxylic acids is 1. The van der Waals surface area contributed by atoms with Crippen LogP contribution in [0.5, 0.6) is 0 Å². The summed E-state index contributed by atoms with van der Waals surface area (Å²) in [5.74, 6) is -4.69. The third kappa shape index (κ3) is 3.80. The molecular formula is C21H20F2N4O2. The molecule has 29 heavy (non-hydrogen) atoms. The van der Waals surface area contributed by atoms with E-state index in [2.05, 4.69) is 20.3 Å². The first kappa shape index (κ1) is 19.3. The van der Waals surface area contributed by atoms with Crippen LogP contribution < -0.4 is 5.32 Å².